The number of nitrogens with two attached hydrogens (primary N) is 1. The third kappa shape index (κ3) is 5.01. The van der Waals surface area contributed by atoms with Crippen molar-refractivity contribution in [3.8, 4) is 0 Å². The number of benzene rings is 1. The smallest absolute Gasteiger partial charge is 0.224 e. The predicted octanol–water partition coefficient (Wildman–Crippen LogP) is 1.39. The Balaban J connectivity index is 2.79. The normalized spacial score (nSPS) is 15.9. The van der Waals surface area contributed by atoms with E-state index in [9.17, 15) is 4.79 Å². The van der Waals surface area contributed by atoms with E-state index in [-0.39, 0.29) is 23.9 Å². The fourth-order valence-electron chi connectivity index (χ4n) is 1.83. The molecule has 1 amide bonds. The first-order chi connectivity index (χ1) is 8.91. The summed E-state index contributed by atoms with van der Waals surface area (Å²) in [5.74, 6) is -0.181. The van der Waals surface area contributed by atoms with E-state index >= 15 is 0 Å². The lowest BCUT2D eigenvalue weighted by Gasteiger charge is -2.25. The molecule has 4 nitrogen and oxygen atoms in total. The van der Waals surface area contributed by atoms with E-state index in [0.29, 0.717) is 0 Å². The van der Waals surface area contributed by atoms with Crippen molar-refractivity contribution in [2.24, 2.45) is 11.7 Å². The van der Waals surface area contributed by atoms with E-state index in [4.69, 9.17) is 5.73 Å². The molecule has 3 atom stereocenters. The molecule has 0 aliphatic carbocycles. The Kier molecular flexibility index (Phi) is 5.99. The third-order valence-corrected chi connectivity index (χ3v) is 3.27. The van der Waals surface area contributed by atoms with E-state index in [1.807, 2.05) is 58.3 Å². The Bertz CT molecular complexity index is 390. The predicted molar refractivity (Wildman–Crippen MR) is 78.7 cm³/mol. The van der Waals surface area contributed by atoms with Crippen molar-refractivity contribution in [3.05, 3.63) is 35.9 Å². The van der Waals surface area contributed by atoms with Gasteiger partial charge in [-0.2, -0.15) is 0 Å². The number of carbonyl (C=O) groups is 1. The largest absolute Gasteiger partial charge is 0.348 e. The van der Waals surface area contributed by atoms with Crippen molar-refractivity contribution in [1.82, 2.24) is 10.2 Å². The summed E-state index contributed by atoms with van der Waals surface area (Å²) in [4.78, 5) is 14.2. The van der Waals surface area contributed by atoms with E-state index in [2.05, 4.69) is 10.2 Å². The van der Waals surface area contributed by atoms with Crippen molar-refractivity contribution in [2.75, 3.05) is 20.6 Å². The van der Waals surface area contributed by atoms with Crippen LogP contribution in [0, 0.1) is 5.92 Å². The highest BCUT2D eigenvalue weighted by molar-refractivity contribution is 5.79. The first kappa shape index (κ1) is 15.7. The van der Waals surface area contributed by atoms with E-state index < -0.39 is 0 Å². The highest BCUT2D eigenvalue weighted by Crippen LogP contribution is 2.14. The lowest BCUT2D eigenvalue weighted by atomic mass is 10.0. The van der Waals surface area contributed by atoms with Gasteiger partial charge >= 0.3 is 0 Å². The Morgan fingerprint density at radius 2 is 1.84 bits per heavy atom. The molecule has 0 spiro atoms. The molecule has 0 saturated carbocycles. The van der Waals surface area contributed by atoms with Crippen LogP contribution in [-0.4, -0.2) is 37.5 Å². The molecule has 3 unspecified atom stereocenters. The summed E-state index contributed by atoms with van der Waals surface area (Å²) in [6, 6.07) is 9.86. The van der Waals surface area contributed by atoms with Gasteiger partial charge < -0.3 is 16.0 Å². The summed E-state index contributed by atoms with van der Waals surface area (Å²) in [7, 11) is 3.99. The van der Waals surface area contributed by atoms with Gasteiger partial charge in [-0.1, -0.05) is 37.3 Å². The van der Waals surface area contributed by atoms with Crippen molar-refractivity contribution >= 4 is 5.91 Å². The average Bonchev–Trinajstić information content (AvgIpc) is 2.37. The second kappa shape index (κ2) is 7.26. The van der Waals surface area contributed by atoms with Crippen molar-refractivity contribution in [3.63, 3.8) is 0 Å². The van der Waals surface area contributed by atoms with Crippen LogP contribution in [0.15, 0.2) is 30.3 Å². The second-order valence-corrected chi connectivity index (χ2v) is 5.38. The van der Waals surface area contributed by atoms with Gasteiger partial charge in [0.2, 0.25) is 5.91 Å². The lowest BCUT2D eigenvalue weighted by Crippen LogP contribution is -2.42. The third-order valence-electron chi connectivity index (χ3n) is 3.27. The summed E-state index contributed by atoms with van der Waals surface area (Å²) in [6.07, 6.45) is 0. The lowest BCUT2D eigenvalue weighted by molar-refractivity contribution is -0.125. The van der Waals surface area contributed by atoms with Crippen LogP contribution in [0.2, 0.25) is 0 Å². The monoisotopic (exact) mass is 263 g/mol. The summed E-state index contributed by atoms with van der Waals surface area (Å²) in [6.45, 7) is 4.48. The van der Waals surface area contributed by atoms with Crippen LogP contribution in [0.5, 0.6) is 0 Å². The molecule has 0 aromatic heterocycles. The minimum Gasteiger partial charge on any atom is -0.348 e. The van der Waals surface area contributed by atoms with Crippen molar-refractivity contribution in [1.29, 1.82) is 0 Å². The number of hydrogen-bond donors (Lipinski definition) is 2. The van der Waals surface area contributed by atoms with Crippen molar-refractivity contribution < 1.29 is 4.79 Å². The zero-order chi connectivity index (χ0) is 14.4. The molecule has 0 radical (unpaired) electrons. The Morgan fingerprint density at radius 3 is 2.32 bits per heavy atom. The van der Waals surface area contributed by atoms with Crippen LogP contribution >= 0.6 is 0 Å². The van der Waals surface area contributed by atoms with Gasteiger partial charge in [0.1, 0.15) is 0 Å². The second-order valence-electron chi connectivity index (χ2n) is 5.38. The zero-order valence-electron chi connectivity index (χ0n) is 12.3. The quantitative estimate of drug-likeness (QED) is 0.815. The molecule has 0 fully saturated rings. The minimum absolute atomic E-state index is 0.00528. The molecule has 0 bridgehead atoms. The van der Waals surface area contributed by atoms with Crippen LogP contribution in [0.3, 0.4) is 0 Å². The molecule has 1 aromatic rings. The number of nitrogens with zero attached hydrogens (tertiary/aromatic N) is 1. The summed E-state index contributed by atoms with van der Waals surface area (Å²) in [5.41, 5.74) is 6.89. The van der Waals surface area contributed by atoms with Crippen LogP contribution < -0.4 is 11.1 Å². The summed E-state index contributed by atoms with van der Waals surface area (Å²) < 4.78 is 0. The average molecular weight is 263 g/mol. The van der Waals surface area contributed by atoms with Gasteiger partial charge in [-0.25, -0.2) is 0 Å². The van der Waals surface area contributed by atoms with Gasteiger partial charge in [-0.15, -0.1) is 0 Å². The molecule has 0 aliphatic heterocycles. The molecule has 106 valence electrons. The minimum atomic E-state index is -0.187. The number of hydrogen-bond acceptors (Lipinski definition) is 3. The highest BCUT2D eigenvalue weighted by atomic mass is 16.2. The highest BCUT2D eigenvalue weighted by Gasteiger charge is 2.21. The van der Waals surface area contributed by atoms with Gasteiger partial charge in [-0.05, 0) is 26.6 Å². The fraction of sp³-hybridized carbons (Fsp3) is 0.533. The Morgan fingerprint density at radius 1 is 1.26 bits per heavy atom. The van der Waals surface area contributed by atoms with Crippen molar-refractivity contribution in [2.45, 2.75) is 25.9 Å². The summed E-state index contributed by atoms with van der Waals surface area (Å²) >= 11 is 0. The standard InChI is InChI=1S/C15H25N3O/c1-11(12(2)16)15(19)17-14(10-18(3)4)13-8-6-5-7-9-13/h5-9,11-12,14H,10,16H2,1-4H3,(H,17,19). The van der Waals surface area contributed by atoms with Crippen LogP contribution in [-0.2, 0) is 4.79 Å². The first-order valence-electron chi connectivity index (χ1n) is 6.67. The molecular formula is C15H25N3O. The maximum atomic E-state index is 12.1. The molecular weight excluding hydrogens is 238 g/mol. The van der Waals surface area contributed by atoms with E-state index in [1.54, 1.807) is 0 Å². The number of carbonyl (C=O) groups excluding carboxylic acids is 1. The van der Waals surface area contributed by atoms with Gasteiger partial charge in [-0.3, -0.25) is 4.79 Å². The maximum Gasteiger partial charge on any atom is 0.224 e. The van der Waals surface area contributed by atoms with Crippen LogP contribution in [0.1, 0.15) is 25.5 Å². The molecule has 0 aliphatic rings. The number of rotatable bonds is 6. The number of amides is 1. The van der Waals surface area contributed by atoms with Gasteiger partial charge in [0.05, 0.1) is 6.04 Å². The van der Waals surface area contributed by atoms with E-state index in [0.717, 1.165) is 12.1 Å². The fourth-order valence-corrected chi connectivity index (χ4v) is 1.83. The Labute approximate surface area is 116 Å². The topological polar surface area (TPSA) is 58.4 Å². The molecule has 4 heteroatoms. The zero-order valence-corrected chi connectivity index (χ0v) is 12.3. The molecule has 19 heavy (non-hydrogen) atoms. The first-order valence-corrected chi connectivity index (χ1v) is 6.67. The SMILES string of the molecule is CC(N)C(C)C(=O)NC(CN(C)C)c1ccccc1. The van der Waals surface area contributed by atoms with Gasteiger partial charge in [0.25, 0.3) is 0 Å². The molecule has 3 N–H and O–H groups in total. The summed E-state index contributed by atoms with van der Waals surface area (Å²) in [5, 5.41) is 3.09. The van der Waals surface area contributed by atoms with Crippen LogP contribution in [0.4, 0.5) is 0 Å². The molecule has 0 heterocycles. The van der Waals surface area contributed by atoms with Gasteiger partial charge in [0, 0.05) is 18.5 Å². The maximum absolute atomic E-state index is 12.1. The van der Waals surface area contributed by atoms with Crippen LogP contribution in [0.25, 0.3) is 0 Å². The number of likely N-dealkylation sites (N-methyl/N-ethyl adjacent to an activating group) is 1. The molecule has 1 aromatic carbocycles. The molecule has 0 saturated heterocycles. The van der Waals surface area contributed by atoms with E-state index in [1.165, 1.54) is 0 Å². The van der Waals surface area contributed by atoms with Gasteiger partial charge in [0.15, 0.2) is 0 Å². The Hall–Kier alpha value is -1.39. The molecule has 1 rings (SSSR count). The number of nitrogens with one attached hydrogen (secondary N) is 1.